The van der Waals surface area contributed by atoms with Crippen LogP contribution in [-0.2, 0) is 6.54 Å². The van der Waals surface area contributed by atoms with Crippen molar-refractivity contribution >= 4 is 43.2 Å². The Morgan fingerprint density at radius 1 is 1.53 bits per heavy atom. The third-order valence-corrected chi connectivity index (χ3v) is 4.23. The second kappa shape index (κ2) is 4.78. The predicted molar refractivity (Wildman–Crippen MR) is 68.0 cm³/mol. The van der Waals surface area contributed by atoms with E-state index in [0.717, 1.165) is 24.6 Å². The number of hydrogen-bond acceptors (Lipinski definition) is 4. The third-order valence-electron chi connectivity index (χ3n) is 1.89. The molecule has 2 heterocycles. The van der Waals surface area contributed by atoms with Gasteiger partial charge < -0.3 is 9.73 Å². The summed E-state index contributed by atoms with van der Waals surface area (Å²) in [7, 11) is 1.89. The molecule has 3 nitrogen and oxygen atoms in total. The van der Waals surface area contributed by atoms with Gasteiger partial charge in [0.15, 0.2) is 12.2 Å². The van der Waals surface area contributed by atoms with Gasteiger partial charge in [0.25, 0.3) is 0 Å². The average Bonchev–Trinajstić information content (AvgIpc) is 2.73. The molecule has 0 saturated carbocycles. The van der Waals surface area contributed by atoms with Crippen LogP contribution in [0.5, 0.6) is 0 Å². The first kappa shape index (κ1) is 11.3. The van der Waals surface area contributed by atoms with E-state index in [1.54, 1.807) is 11.3 Å². The number of hydrogen-bond donors (Lipinski definition) is 1. The van der Waals surface area contributed by atoms with Crippen LogP contribution in [0.3, 0.4) is 0 Å². The molecule has 0 unspecified atom stereocenters. The number of halogens is 2. The Kier molecular flexibility index (Phi) is 3.60. The lowest BCUT2D eigenvalue weighted by Crippen LogP contribution is -2.06. The molecule has 0 bridgehead atoms. The molecule has 0 spiro atoms. The standard InChI is InChI=1S/C9H8Br2N2OS/c1-12-3-6-8(14-4-13-6)5-2-7(10)15-9(5)11/h2,4,12H,3H2,1H3. The van der Waals surface area contributed by atoms with Gasteiger partial charge in [0, 0.05) is 12.1 Å². The van der Waals surface area contributed by atoms with E-state index in [2.05, 4.69) is 42.2 Å². The first-order valence-corrected chi connectivity index (χ1v) is 6.64. The normalized spacial score (nSPS) is 10.9. The van der Waals surface area contributed by atoms with Crippen molar-refractivity contribution in [2.75, 3.05) is 7.05 Å². The van der Waals surface area contributed by atoms with E-state index in [9.17, 15) is 0 Å². The Labute approximate surface area is 108 Å². The van der Waals surface area contributed by atoms with Gasteiger partial charge in [-0.1, -0.05) is 0 Å². The summed E-state index contributed by atoms with van der Waals surface area (Å²) in [4.78, 5) is 4.17. The number of nitrogens with one attached hydrogen (secondary N) is 1. The van der Waals surface area contributed by atoms with Crippen molar-refractivity contribution in [1.82, 2.24) is 10.3 Å². The van der Waals surface area contributed by atoms with E-state index in [4.69, 9.17) is 4.42 Å². The van der Waals surface area contributed by atoms with Gasteiger partial charge in [-0.15, -0.1) is 11.3 Å². The Morgan fingerprint density at radius 2 is 2.33 bits per heavy atom. The van der Waals surface area contributed by atoms with Crippen molar-refractivity contribution in [2.24, 2.45) is 0 Å². The van der Waals surface area contributed by atoms with Crippen LogP contribution in [0.4, 0.5) is 0 Å². The second-order valence-corrected chi connectivity index (χ2v) is 6.65. The fourth-order valence-corrected chi connectivity index (χ4v) is 4.07. The SMILES string of the molecule is CNCc1ncoc1-c1cc(Br)sc1Br. The van der Waals surface area contributed by atoms with Crippen LogP contribution in [-0.4, -0.2) is 12.0 Å². The van der Waals surface area contributed by atoms with E-state index in [1.807, 2.05) is 13.1 Å². The molecular weight excluding hydrogens is 344 g/mol. The van der Waals surface area contributed by atoms with Gasteiger partial charge in [0.2, 0.25) is 0 Å². The Balaban J connectivity index is 2.44. The molecule has 2 aromatic heterocycles. The molecule has 0 aromatic carbocycles. The molecule has 2 aromatic rings. The fourth-order valence-electron chi connectivity index (χ4n) is 1.28. The van der Waals surface area contributed by atoms with Crippen molar-refractivity contribution in [3.05, 3.63) is 25.7 Å². The second-order valence-electron chi connectivity index (χ2n) is 2.90. The molecule has 15 heavy (non-hydrogen) atoms. The van der Waals surface area contributed by atoms with Gasteiger partial charge in [-0.2, -0.15) is 0 Å². The van der Waals surface area contributed by atoms with Crippen LogP contribution in [0.2, 0.25) is 0 Å². The van der Waals surface area contributed by atoms with Crippen LogP contribution in [0.25, 0.3) is 11.3 Å². The van der Waals surface area contributed by atoms with E-state index < -0.39 is 0 Å². The molecule has 0 radical (unpaired) electrons. The zero-order valence-electron chi connectivity index (χ0n) is 7.88. The summed E-state index contributed by atoms with van der Waals surface area (Å²) in [5, 5.41) is 3.06. The Morgan fingerprint density at radius 3 is 2.93 bits per heavy atom. The van der Waals surface area contributed by atoms with E-state index in [0.29, 0.717) is 6.54 Å². The lowest BCUT2D eigenvalue weighted by molar-refractivity contribution is 0.570. The van der Waals surface area contributed by atoms with Crippen LogP contribution < -0.4 is 5.32 Å². The van der Waals surface area contributed by atoms with Crippen LogP contribution >= 0.6 is 43.2 Å². The predicted octanol–water partition coefficient (Wildman–Crippen LogP) is 3.65. The van der Waals surface area contributed by atoms with Crippen molar-refractivity contribution in [1.29, 1.82) is 0 Å². The van der Waals surface area contributed by atoms with Crippen molar-refractivity contribution in [3.8, 4) is 11.3 Å². The number of rotatable bonds is 3. The largest absolute Gasteiger partial charge is 0.443 e. The number of nitrogens with zero attached hydrogens (tertiary/aromatic N) is 1. The lowest BCUT2D eigenvalue weighted by Gasteiger charge is -1.98. The summed E-state index contributed by atoms with van der Waals surface area (Å²) in [6, 6.07) is 2.02. The Bertz CT molecular complexity index is 466. The summed E-state index contributed by atoms with van der Waals surface area (Å²) in [6.07, 6.45) is 1.47. The summed E-state index contributed by atoms with van der Waals surface area (Å²) >= 11 is 8.57. The first-order valence-electron chi connectivity index (χ1n) is 4.24. The van der Waals surface area contributed by atoms with Gasteiger partial charge in [-0.05, 0) is 45.0 Å². The number of oxazole rings is 1. The molecule has 0 aliphatic heterocycles. The van der Waals surface area contributed by atoms with E-state index >= 15 is 0 Å². The summed E-state index contributed by atoms with van der Waals surface area (Å²) < 4.78 is 7.51. The minimum absolute atomic E-state index is 0.700. The first-order chi connectivity index (χ1) is 7.22. The average molecular weight is 352 g/mol. The highest BCUT2D eigenvalue weighted by Gasteiger charge is 2.15. The van der Waals surface area contributed by atoms with Gasteiger partial charge in [-0.25, -0.2) is 4.98 Å². The molecule has 0 atom stereocenters. The maximum atomic E-state index is 5.40. The maximum Gasteiger partial charge on any atom is 0.181 e. The van der Waals surface area contributed by atoms with Gasteiger partial charge in [0.1, 0.15) is 5.69 Å². The smallest absolute Gasteiger partial charge is 0.181 e. The molecular formula is C9H8Br2N2OS. The van der Waals surface area contributed by atoms with Crippen LogP contribution in [0, 0.1) is 0 Å². The molecule has 0 aliphatic carbocycles. The molecule has 0 aliphatic rings. The van der Waals surface area contributed by atoms with E-state index in [-0.39, 0.29) is 0 Å². The highest BCUT2D eigenvalue weighted by atomic mass is 79.9. The van der Waals surface area contributed by atoms with E-state index in [1.165, 1.54) is 6.39 Å². The van der Waals surface area contributed by atoms with Crippen molar-refractivity contribution < 1.29 is 4.42 Å². The zero-order chi connectivity index (χ0) is 10.8. The topological polar surface area (TPSA) is 38.1 Å². The molecule has 80 valence electrons. The number of aromatic nitrogens is 1. The molecule has 1 N–H and O–H groups in total. The molecule has 0 amide bonds. The monoisotopic (exact) mass is 350 g/mol. The highest BCUT2D eigenvalue weighted by molar-refractivity contribution is 9.12. The highest BCUT2D eigenvalue weighted by Crippen LogP contribution is 2.39. The minimum atomic E-state index is 0.700. The molecule has 0 saturated heterocycles. The summed E-state index contributed by atoms with van der Waals surface area (Å²) in [5.41, 5.74) is 1.96. The van der Waals surface area contributed by atoms with Gasteiger partial charge in [-0.3, -0.25) is 0 Å². The van der Waals surface area contributed by atoms with Crippen molar-refractivity contribution in [2.45, 2.75) is 6.54 Å². The fraction of sp³-hybridized carbons (Fsp3) is 0.222. The summed E-state index contributed by atoms with van der Waals surface area (Å²) in [5.74, 6) is 0.818. The zero-order valence-corrected chi connectivity index (χ0v) is 11.9. The minimum Gasteiger partial charge on any atom is -0.443 e. The lowest BCUT2D eigenvalue weighted by atomic mass is 10.2. The molecule has 2 rings (SSSR count). The van der Waals surface area contributed by atoms with Crippen LogP contribution in [0.1, 0.15) is 5.69 Å². The number of thiophene rings is 1. The molecule has 0 fully saturated rings. The quantitative estimate of drug-likeness (QED) is 0.917. The van der Waals surface area contributed by atoms with Gasteiger partial charge >= 0.3 is 0 Å². The third kappa shape index (κ3) is 2.33. The van der Waals surface area contributed by atoms with Crippen molar-refractivity contribution in [3.63, 3.8) is 0 Å². The Hall–Kier alpha value is -0.170. The van der Waals surface area contributed by atoms with Crippen LogP contribution in [0.15, 0.2) is 24.4 Å². The maximum absolute atomic E-state index is 5.40. The van der Waals surface area contributed by atoms with Gasteiger partial charge in [0.05, 0.1) is 7.57 Å². The summed E-state index contributed by atoms with van der Waals surface area (Å²) in [6.45, 7) is 0.700. The molecule has 6 heteroatoms.